The van der Waals surface area contributed by atoms with Crippen LogP contribution >= 0.6 is 0 Å². The number of unbranched alkanes of at least 4 members (excludes halogenated alkanes) is 54. The van der Waals surface area contributed by atoms with Crippen molar-refractivity contribution in [2.45, 2.75) is 483 Å². The summed E-state index contributed by atoms with van der Waals surface area (Å²) in [5, 5.41) is 18.4. The molecule has 0 aromatic heterocycles. The van der Waals surface area contributed by atoms with Crippen LogP contribution in [0.25, 0.3) is 0 Å². The van der Waals surface area contributed by atoms with E-state index in [1.807, 2.05) is 0 Å². The van der Waals surface area contributed by atoms with Crippen LogP contribution in [0.1, 0.15) is 459 Å². The van der Waals surface area contributed by atoms with Crippen molar-refractivity contribution in [2.24, 2.45) is 0 Å². The molecule has 1 aliphatic rings. The van der Waals surface area contributed by atoms with E-state index in [9.17, 15) is 5.11 Å². The van der Waals surface area contributed by atoms with Crippen molar-refractivity contribution in [3.05, 3.63) is 0 Å². The van der Waals surface area contributed by atoms with Gasteiger partial charge in [0, 0.05) is 6.04 Å². The molecule has 0 spiro atoms. The molecule has 1 rings (SSSR count). The fraction of sp³-hybridized carbons (Fsp3) is 1.00. The van der Waals surface area contributed by atoms with Crippen LogP contribution in [0.3, 0.4) is 0 Å². The summed E-state index contributed by atoms with van der Waals surface area (Å²) in [6.07, 6.45) is 79.6. The minimum Gasteiger partial charge on any atom is -0.339 e. The highest BCUT2D eigenvalue weighted by Gasteiger charge is 2.72. The second-order valence-electron chi connectivity index (χ2n) is 28.5. The highest BCUT2D eigenvalue weighted by atomic mass is 16.9. The van der Waals surface area contributed by atoms with Gasteiger partial charge in [0.05, 0.1) is 39.6 Å². The molecule has 1 saturated carbocycles. The molecule has 0 aliphatic heterocycles. The van der Waals surface area contributed by atoms with Gasteiger partial charge in [0.25, 0.3) is 5.91 Å². The molecule has 0 aromatic rings. The summed E-state index contributed by atoms with van der Waals surface area (Å²) < 4.78 is 44.8. The molecule has 0 atom stereocenters. The predicted molar refractivity (Wildman–Crippen MR) is 387 cm³/mol. The van der Waals surface area contributed by atoms with Crippen molar-refractivity contribution in [3.8, 4) is 0 Å². The molecular weight excluding hydrogens is 1100 g/mol. The molecule has 0 saturated heterocycles. The van der Waals surface area contributed by atoms with Crippen molar-refractivity contribution in [1.82, 2.24) is 5.32 Å². The van der Waals surface area contributed by atoms with E-state index in [1.54, 1.807) is 0 Å². The Bertz CT molecular complexity index is 1270. The van der Waals surface area contributed by atoms with E-state index in [4.69, 9.17) is 28.4 Å². The van der Waals surface area contributed by atoms with E-state index in [2.05, 4.69) is 46.9 Å². The average Bonchev–Trinajstić information content (AvgIpc) is 0.779. The Balaban J connectivity index is 3.97. The van der Waals surface area contributed by atoms with Gasteiger partial charge in [-0.05, 0) is 51.4 Å². The Morgan fingerprint density at radius 1 is 0.236 bits per heavy atom. The van der Waals surface area contributed by atoms with Crippen LogP contribution in [0.5, 0.6) is 0 Å². The van der Waals surface area contributed by atoms with Gasteiger partial charge in [-0.2, -0.15) is 0 Å². The molecule has 0 bridgehead atoms. The smallest absolute Gasteiger partial charge is 0.339 e. The molecule has 0 unspecified atom stereocenters. The molecule has 534 valence electrons. The second-order valence-corrected chi connectivity index (χ2v) is 28.5. The topological polar surface area (TPSA) is 87.6 Å². The average molecular weight is 1260 g/mol. The fourth-order valence-corrected chi connectivity index (χ4v) is 13.6. The third-order valence-electron chi connectivity index (χ3n) is 19.7. The summed E-state index contributed by atoms with van der Waals surface area (Å²) in [7, 11) is 0. The number of nitrogens with one attached hydrogen (secondary N) is 1. The van der Waals surface area contributed by atoms with Gasteiger partial charge in [-0.15, -0.1) is 0 Å². The first-order valence-electron chi connectivity index (χ1n) is 41.3. The van der Waals surface area contributed by atoms with Gasteiger partial charge in [-0.1, -0.05) is 408 Å². The van der Waals surface area contributed by atoms with Crippen molar-refractivity contribution >= 4 is 0 Å². The van der Waals surface area contributed by atoms with Crippen LogP contribution in [-0.4, -0.2) is 68.5 Å². The minimum atomic E-state index is -2.32. The molecule has 8 nitrogen and oxygen atoms in total. The lowest BCUT2D eigenvalue weighted by Crippen LogP contribution is -2.79. The van der Waals surface area contributed by atoms with Crippen molar-refractivity contribution in [3.63, 3.8) is 0 Å². The number of rotatable bonds is 76. The maximum absolute atomic E-state index is 14.3. The van der Waals surface area contributed by atoms with Gasteiger partial charge in [-0.3, -0.25) is 5.32 Å². The van der Waals surface area contributed by atoms with Crippen molar-refractivity contribution < 1.29 is 33.5 Å². The largest absolute Gasteiger partial charge is 0.345 e. The molecule has 0 amide bonds. The highest BCUT2D eigenvalue weighted by Crippen LogP contribution is 2.45. The normalized spacial score (nSPS) is 13.7. The minimum absolute atomic E-state index is 0.0959. The first kappa shape index (κ1) is 86.7. The van der Waals surface area contributed by atoms with Crippen LogP contribution in [-0.2, 0) is 28.4 Å². The summed E-state index contributed by atoms with van der Waals surface area (Å²) >= 11 is 0. The van der Waals surface area contributed by atoms with Crippen LogP contribution in [0.2, 0.25) is 0 Å². The van der Waals surface area contributed by atoms with Gasteiger partial charge in [0.2, 0.25) is 0 Å². The third-order valence-corrected chi connectivity index (χ3v) is 19.7. The monoisotopic (exact) mass is 1260 g/mol. The molecule has 0 radical (unpaired) electrons. The van der Waals surface area contributed by atoms with Crippen molar-refractivity contribution in [1.29, 1.82) is 0 Å². The summed E-state index contributed by atoms with van der Waals surface area (Å²) in [6.45, 7) is 16.2. The van der Waals surface area contributed by atoms with Crippen LogP contribution in [0.15, 0.2) is 0 Å². The summed E-state index contributed by atoms with van der Waals surface area (Å²) in [5.74, 6) is -6.00. The molecular formula is C81H163NO7. The zero-order valence-corrected chi connectivity index (χ0v) is 61.7. The lowest BCUT2D eigenvalue weighted by Gasteiger charge is -2.54. The highest BCUT2D eigenvalue weighted by molar-refractivity contribution is 4.98. The third kappa shape index (κ3) is 48.9. The summed E-state index contributed by atoms with van der Waals surface area (Å²) in [5.41, 5.74) is 0. The van der Waals surface area contributed by atoms with Gasteiger partial charge in [0.15, 0.2) is 0 Å². The Morgan fingerprint density at radius 3 is 0.629 bits per heavy atom. The van der Waals surface area contributed by atoms with E-state index in [1.165, 1.54) is 315 Å². The van der Waals surface area contributed by atoms with Gasteiger partial charge in [0.1, 0.15) is 0 Å². The zero-order chi connectivity index (χ0) is 64.2. The Hall–Kier alpha value is -0.320. The quantitative estimate of drug-likeness (QED) is 0.0460. The first-order chi connectivity index (χ1) is 43.9. The molecule has 89 heavy (non-hydrogen) atoms. The van der Waals surface area contributed by atoms with Crippen molar-refractivity contribution in [2.75, 3.05) is 39.6 Å². The maximum atomic E-state index is 14.3. The van der Waals surface area contributed by atoms with Crippen LogP contribution < -0.4 is 5.32 Å². The summed E-state index contributed by atoms with van der Waals surface area (Å²) in [4.78, 5) is 0. The van der Waals surface area contributed by atoms with Gasteiger partial charge in [-0.25, -0.2) is 0 Å². The molecule has 1 fully saturated rings. The van der Waals surface area contributed by atoms with Crippen LogP contribution in [0, 0.1) is 0 Å². The Kier molecular flexibility index (Phi) is 65.9. The molecule has 8 heteroatoms. The van der Waals surface area contributed by atoms with Gasteiger partial charge < -0.3 is 33.5 Å². The van der Waals surface area contributed by atoms with Gasteiger partial charge >= 0.3 is 11.8 Å². The maximum Gasteiger partial charge on any atom is 0.345 e. The lowest BCUT2D eigenvalue weighted by molar-refractivity contribution is -0.552. The number of aliphatic hydroxyl groups is 1. The number of hydrogen-bond donors (Lipinski definition) is 2. The first-order valence-corrected chi connectivity index (χ1v) is 41.3. The van der Waals surface area contributed by atoms with E-state index >= 15 is 0 Å². The Morgan fingerprint density at radius 2 is 0.416 bits per heavy atom. The summed E-state index contributed by atoms with van der Waals surface area (Å²) in [6, 6.07) is 0.0959. The van der Waals surface area contributed by atoms with E-state index in [0.717, 1.165) is 103 Å². The predicted octanol–water partition coefficient (Wildman–Crippen LogP) is 26.5. The Labute approximate surface area is 558 Å². The standard InChI is InChI=1S/C81H163NO7/c1-7-13-19-25-31-37-43-49-55-64-72-84-79(85-73-65-56-50-44-38-32-26-20-14-8-2,81(83,88-76-68-59-53-47-41-35-29-23-17-11-5)89-77-69-60-54-48-42-36-30-24-18-12-6)80(82-78-70-62-61-63-71-78,86-74-66-57-51-45-39-33-27-21-15-9-3)87-75-67-58-52-46-40-34-28-22-16-10-4/h78,82-83H,7-77H2,1-6H3. The zero-order valence-electron chi connectivity index (χ0n) is 61.7. The molecule has 0 aromatic carbocycles. The molecule has 2 N–H and O–H groups in total. The van der Waals surface area contributed by atoms with E-state index in [-0.39, 0.29) is 6.04 Å². The molecule has 1 aliphatic carbocycles. The lowest BCUT2D eigenvalue weighted by atomic mass is 9.94. The van der Waals surface area contributed by atoms with E-state index < -0.39 is 17.7 Å². The van der Waals surface area contributed by atoms with E-state index in [0.29, 0.717) is 39.6 Å². The van der Waals surface area contributed by atoms with Crippen LogP contribution in [0.4, 0.5) is 0 Å². The fourth-order valence-electron chi connectivity index (χ4n) is 13.6. The number of ether oxygens (including phenoxy) is 6. The second kappa shape index (κ2) is 67.7. The SMILES string of the molecule is CCCCCCCCCCCCOC(O)(OCCCCCCCCCCCC)C(OCCCCCCCCCCCC)(OCCCCCCCCCCCC)C(NC1CCCCC1)(OCCCCCCCCCCCC)OCCCCCCCCCCCC. The number of hydrogen-bond acceptors (Lipinski definition) is 8. The molecule has 0 heterocycles.